The summed E-state index contributed by atoms with van der Waals surface area (Å²) in [6.45, 7) is 13.1. The summed E-state index contributed by atoms with van der Waals surface area (Å²) in [4.78, 5) is 8.90. The Bertz CT molecular complexity index is 555. The van der Waals surface area contributed by atoms with Crippen LogP contribution >= 0.6 is 24.0 Å². The number of likely N-dealkylation sites (N-methyl/N-ethyl adjacent to an activating group) is 1. The molecule has 1 rings (SSSR count). The summed E-state index contributed by atoms with van der Waals surface area (Å²) in [5.74, 6) is 1.73. The molecule has 0 unspecified atom stereocenters. The fourth-order valence-corrected chi connectivity index (χ4v) is 2.91. The van der Waals surface area contributed by atoms with Crippen LogP contribution < -0.4 is 15.4 Å². The average Bonchev–Trinajstić information content (AvgIpc) is 2.60. The third-order valence-corrected chi connectivity index (χ3v) is 4.38. The van der Waals surface area contributed by atoms with Crippen molar-refractivity contribution in [1.82, 2.24) is 20.4 Å². The molecule has 0 aliphatic carbocycles. The molecular weight excluding hydrogens is 465 g/mol. The van der Waals surface area contributed by atoms with Crippen LogP contribution in [0.3, 0.4) is 0 Å². The minimum Gasteiger partial charge on any atom is -0.492 e. The molecule has 0 radical (unpaired) electrons. The van der Waals surface area contributed by atoms with Gasteiger partial charge in [0.05, 0.1) is 0 Å². The summed E-state index contributed by atoms with van der Waals surface area (Å²) in [5, 5.41) is 6.78. The van der Waals surface area contributed by atoms with E-state index >= 15 is 0 Å². The van der Waals surface area contributed by atoms with Gasteiger partial charge in [0.15, 0.2) is 5.96 Å². The molecule has 28 heavy (non-hydrogen) atoms. The number of guanidine groups is 1. The Morgan fingerprint density at radius 3 is 2.32 bits per heavy atom. The van der Waals surface area contributed by atoms with Gasteiger partial charge < -0.3 is 20.3 Å². The predicted molar refractivity (Wildman–Crippen MR) is 131 cm³/mol. The van der Waals surface area contributed by atoms with Crippen molar-refractivity contribution in [2.75, 3.05) is 47.4 Å². The highest BCUT2D eigenvalue weighted by Crippen LogP contribution is 2.13. The first-order valence-electron chi connectivity index (χ1n) is 9.90. The van der Waals surface area contributed by atoms with Crippen LogP contribution in [0, 0.1) is 0 Å². The standard InChI is InChI=1S/C21H39N5O.HI/c1-17(2)26(18(3)4)12-11-23-21(22-5)24-16-19-9-8-10-20(15-19)27-14-13-25(6)7;/h8-10,15,17-18H,11-14,16H2,1-7H3,(H2,22,23,24);1H. The molecule has 0 atom stereocenters. The van der Waals surface area contributed by atoms with Gasteiger partial charge in [0, 0.05) is 45.3 Å². The summed E-state index contributed by atoms with van der Waals surface area (Å²) in [6.07, 6.45) is 0. The molecule has 0 saturated heterocycles. The van der Waals surface area contributed by atoms with Crippen molar-refractivity contribution in [2.24, 2.45) is 4.99 Å². The smallest absolute Gasteiger partial charge is 0.191 e. The molecular formula is C21H40IN5O. The summed E-state index contributed by atoms with van der Waals surface area (Å²) >= 11 is 0. The van der Waals surface area contributed by atoms with E-state index in [9.17, 15) is 0 Å². The second-order valence-corrected chi connectivity index (χ2v) is 7.58. The number of hydrogen-bond donors (Lipinski definition) is 2. The van der Waals surface area contributed by atoms with Gasteiger partial charge in [-0.3, -0.25) is 9.89 Å². The Balaban J connectivity index is 0.00000729. The number of nitrogens with zero attached hydrogens (tertiary/aromatic N) is 3. The lowest BCUT2D eigenvalue weighted by atomic mass is 10.2. The molecule has 0 aliphatic heterocycles. The lowest BCUT2D eigenvalue weighted by Crippen LogP contribution is -2.45. The van der Waals surface area contributed by atoms with Crippen LogP contribution in [0.4, 0.5) is 0 Å². The Morgan fingerprint density at radius 1 is 1.07 bits per heavy atom. The highest BCUT2D eigenvalue weighted by molar-refractivity contribution is 14.0. The maximum atomic E-state index is 5.81. The molecule has 0 bridgehead atoms. The fourth-order valence-electron chi connectivity index (χ4n) is 2.91. The normalized spacial score (nSPS) is 11.9. The van der Waals surface area contributed by atoms with Gasteiger partial charge >= 0.3 is 0 Å². The van der Waals surface area contributed by atoms with E-state index in [1.807, 2.05) is 26.2 Å². The van der Waals surface area contributed by atoms with E-state index in [-0.39, 0.29) is 24.0 Å². The van der Waals surface area contributed by atoms with E-state index in [1.54, 1.807) is 7.05 Å². The predicted octanol–water partition coefficient (Wildman–Crippen LogP) is 3.03. The minimum absolute atomic E-state index is 0. The summed E-state index contributed by atoms with van der Waals surface area (Å²) in [7, 11) is 5.90. The molecule has 0 aromatic heterocycles. The number of hydrogen-bond acceptors (Lipinski definition) is 4. The third-order valence-electron chi connectivity index (χ3n) is 4.38. The van der Waals surface area contributed by atoms with E-state index in [2.05, 4.69) is 65.3 Å². The monoisotopic (exact) mass is 505 g/mol. The molecule has 162 valence electrons. The maximum absolute atomic E-state index is 5.81. The highest BCUT2D eigenvalue weighted by atomic mass is 127. The summed E-state index contributed by atoms with van der Waals surface area (Å²) in [6, 6.07) is 9.28. The van der Waals surface area contributed by atoms with Crippen molar-refractivity contribution in [3.05, 3.63) is 29.8 Å². The molecule has 0 fully saturated rings. The molecule has 6 nitrogen and oxygen atoms in total. The van der Waals surface area contributed by atoms with E-state index in [1.165, 1.54) is 5.56 Å². The van der Waals surface area contributed by atoms with Crippen LogP contribution in [-0.4, -0.2) is 75.2 Å². The van der Waals surface area contributed by atoms with Gasteiger partial charge in [-0.2, -0.15) is 0 Å². The first-order chi connectivity index (χ1) is 12.8. The molecule has 0 aliphatic rings. The van der Waals surface area contributed by atoms with Gasteiger partial charge in [0.1, 0.15) is 12.4 Å². The summed E-state index contributed by atoms with van der Waals surface area (Å²) in [5.41, 5.74) is 1.17. The molecule has 1 aromatic rings. The SMILES string of the molecule is CN=C(NCCN(C(C)C)C(C)C)NCc1cccc(OCCN(C)C)c1.I. The van der Waals surface area contributed by atoms with Crippen LogP contribution in [0.1, 0.15) is 33.3 Å². The number of halogens is 1. The fraction of sp³-hybridized carbons (Fsp3) is 0.667. The lowest BCUT2D eigenvalue weighted by Gasteiger charge is -2.30. The second-order valence-electron chi connectivity index (χ2n) is 7.58. The van der Waals surface area contributed by atoms with Gasteiger partial charge in [-0.15, -0.1) is 24.0 Å². The van der Waals surface area contributed by atoms with Crippen LogP contribution in [0.5, 0.6) is 5.75 Å². The van der Waals surface area contributed by atoms with Crippen molar-refractivity contribution in [3.63, 3.8) is 0 Å². The Morgan fingerprint density at radius 2 is 1.75 bits per heavy atom. The summed E-state index contributed by atoms with van der Waals surface area (Å²) < 4.78 is 5.81. The molecule has 0 spiro atoms. The lowest BCUT2D eigenvalue weighted by molar-refractivity contribution is 0.178. The topological polar surface area (TPSA) is 52.1 Å². The van der Waals surface area contributed by atoms with Crippen LogP contribution in [0.2, 0.25) is 0 Å². The third kappa shape index (κ3) is 11.1. The molecule has 2 N–H and O–H groups in total. The van der Waals surface area contributed by atoms with E-state index in [0.717, 1.165) is 31.3 Å². The van der Waals surface area contributed by atoms with Crippen molar-refractivity contribution in [3.8, 4) is 5.75 Å². The van der Waals surface area contributed by atoms with Crippen LogP contribution in [0.25, 0.3) is 0 Å². The van der Waals surface area contributed by atoms with E-state index in [4.69, 9.17) is 4.74 Å². The Kier molecular flexibility index (Phi) is 14.3. The van der Waals surface area contributed by atoms with Gasteiger partial charge in [-0.05, 0) is 59.5 Å². The number of nitrogens with one attached hydrogen (secondary N) is 2. The average molecular weight is 505 g/mol. The van der Waals surface area contributed by atoms with Gasteiger partial charge in [-0.25, -0.2) is 0 Å². The quantitative estimate of drug-likeness (QED) is 0.275. The number of aliphatic imine (C=N–C) groups is 1. The molecule has 7 heteroatoms. The Labute approximate surface area is 189 Å². The van der Waals surface area contributed by atoms with Crippen LogP contribution in [-0.2, 0) is 6.54 Å². The zero-order valence-corrected chi connectivity index (χ0v) is 21.0. The first-order valence-corrected chi connectivity index (χ1v) is 9.90. The second kappa shape index (κ2) is 14.9. The van der Waals surface area contributed by atoms with Crippen LogP contribution in [0.15, 0.2) is 29.3 Å². The minimum atomic E-state index is 0. The number of ether oxygens (including phenoxy) is 1. The highest BCUT2D eigenvalue weighted by Gasteiger charge is 2.12. The van der Waals surface area contributed by atoms with Crippen molar-refractivity contribution >= 4 is 29.9 Å². The van der Waals surface area contributed by atoms with Crippen molar-refractivity contribution < 1.29 is 4.74 Å². The molecule has 1 aromatic carbocycles. The van der Waals surface area contributed by atoms with Crippen molar-refractivity contribution in [2.45, 2.75) is 46.3 Å². The molecule has 0 amide bonds. The van der Waals surface area contributed by atoms with E-state index < -0.39 is 0 Å². The zero-order valence-electron chi connectivity index (χ0n) is 18.7. The Hall–Kier alpha value is -1.06. The number of benzene rings is 1. The van der Waals surface area contributed by atoms with Crippen molar-refractivity contribution in [1.29, 1.82) is 0 Å². The largest absolute Gasteiger partial charge is 0.492 e. The number of rotatable bonds is 11. The molecule has 0 heterocycles. The van der Waals surface area contributed by atoms with Gasteiger partial charge in [0.25, 0.3) is 0 Å². The van der Waals surface area contributed by atoms with Gasteiger partial charge in [-0.1, -0.05) is 12.1 Å². The first kappa shape index (κ1) is 26.9. The maximum Gasteiger partial charge on any atom is 0.191 e. The zero-order chi connectivity index (χ0) is 20.2. The van der Waals surface area contributed by atoms with Gasteiger partial charge in [0.2, 0.25) is 0 Å². The van der Waals surface area contributed by atoms with E-state index in [0.29, 0.717) is 25.2 Å². The molecule has 0 saturated carbocycles.